The Morgan fingerprint density at radius 2 is 2.10 bits per heavy atom. The molecule has 1 nitrogen and oxygen atoms in total. The van der Waals surface area contributed by atoms with E-state index < -0.39 is 0 Å². The largest absolute Gasteiger partial charge is 0.298 e. The second-order valence-electron chi connectivity index (χ2n) is 2.39. The van der Waals surface area contributed by atoms with Crippen molar-refractivity contribution in [2.24, 2.45) is 0 Å². The van der Waals surface area contributed by atoms with Crippen molar-refractivity contribution in [3.8, 4) is 0 Å². The summed E-state index contributed by atoms with van der Waals surface area (Å²) >= 11 is 0. The summed E-state index contributed by atoms with van der Waals surface area (Å²) in [4.78, 5) is 10.3. The molecule has 0 heterocycles. The third-order valence-electron chi connectivity index (χ3n) is 1.52. The molecule has 10 heavy (non-hydrogen) atoms. The summed E-state index contributed by atoms with van der Waals surface area (Å²) < 4.78 is 0. The van der Waals surface area contributed by atoms with Crippen molar-refractivity contribution in [3.63, 3.8) is 0 Å². The molecule has 0 aromatic heterocycles. The van der Waals surface area contributed by atoms with Crippen molar-refractivity contribution in [2.45, 2.75) is 39.5 Å². The summed E-state index contributed by atoms with van der Waals surface area (Å²) in [5.41, 5.74) is 0.938. The van der Waals surface area contributed by atoms with E-state index in [4.69, 9.17) is 0 Å². The first kappa shape index (κ1) is 9.41. The lowest BCUT2D eigenvalue weighted by atomic mass is 10.1. The van der Waals surface area contributed by atoms with Crippen LogP contribution in [0.2, 0.25) is 0 Å². The van der Waals surface area contributed by atoms with Crippen LogP contribution in [0.15, 0.2) is 11.6 Å². The van der Waals surface area contributed by atoms with Crippen molar-refractivity contribution in [2.75, 3.05) is 0 Å². The number of rotatable bonds is 5. The van der Waals surface area contributed by atoms with E-state index in [2.05, 4.69) is 6.92 Å². The molecule has 58 valence electrons. The van der Waals surface area contributed by atoms with Gasteiger partial charge in [-0.15, -0.1) is 0 Å². The number of hydrogen-bond acceptors (Lipinski definition) is 1. The van der Waals surface area contributed by atoms with Crippen LogP contribution in [-0.2, 0) is 4.79 Å². The van der Waals surface area contributed by atoms with E-state index in [1.165, 1.54) is 12.8 Å². The SMILES string of the molecule is CCCC/C=C(\C=O)CC. The standard InChI is InChI=1S/C9H16O/c1-3-5-6-7-9(4-2)8-10/h7-8H,3-6H2,1-2H3/b9-7-. The molecule has 0 aromatic carbocycles. The van der Waals surface area contributed by atoms with Crippen molar-refractivity contribution in [3.05, 3.63) is 11.6 Å². The second kappa shape index (κ2) is 6.53. The van der Waals surface area contributed by atoms with Crippen LogP contribution in [0.25, 0.3) is 0 Å². The minimum atomic E-state index is 0.868. The third-order valence-corrected chi connectivity index (χ3v) is 1.52. The zero-order valence-corrected chi connectivity index (χ0v) is 6.89. The van der Waals surface area contributed by atoms with Gasteiger partial charge >= 0.3 is 0 Å². The highest BCUT2D eigenvalue weighted by molar-refractivity contribution is 5.72. The molecule has 0 bridgehead atoms. The Kier molecular flexibility index (Phi) is 6.14. The fraction of sp³-hybridized carbons (Fsp3) is 0.667. The molecule has 0 fully saturated rings. The number of allylic oxidation sites excluding steroid dienone is 2. The van der Waals surface area contributed by atoms with Crippen LogP contribution in [-0.4, -0.2) is 6.29 Å². The Hall–Kier alpha value is -0.590. The minimum absolute atomic E-state index is 0.868. The van der Waals surface area contributed by atoms with E-state index in [9.17, 15) is 4.79 Å². The van der Waals surface area contributed by atoms with Gasteiger partial charge in [0.05, 0.1) is 0 Å². The number of carbonyl (C=O) groups is 1. The van der Waals surface area contributed by atoms with Crippen LogP contribution >= 0.6 is 0 Å². The van der Waals surface area contributed by atoms with Crippen LogP contribution < -0.4 is 0 Å². The lowest BCUT2D eigenvalue weighted by molar-refractivity contribution is -0.105. The molecule has 0 spiro atoms. The third kappa shape index (κ3) is 4.30. The average Bonchev–Trinajstić information content (AvgIpc) is 1.99. The molecule has 0 radical (unpaired) electrons. The predicted octanol–water partition coefficient (Wildman–Crippen LogP) is 2.71. The van der Waals surface area contributed by atoms with E-state index in [0.29, 0.717) is 0 Å². The Bertz CT molecular complexity index is 114. The van der Waals surface area contributed by atoms with Gasteiger partial charge in [0.1, 0.15) is 6.29 Å². The summed E-state index contributed by atoms with van der Waals surface area (Å²) in [5.74, 6) is 0. The first-order chi connectivity index (χ1) is 4.85. The summed E-state index contributed by atoms with van der Waals surface area (Å²) in [6.07, 6.45) is 7.31. The van der Waals surface area contributed by atoms with E-state index >= 15 is 0 Å². The van der Waals surface area contributed by atoms with Gasteiger partial charge < -0.3 is 0 Å². The van der Waals surface area contributed by atoms with Crippen molar-refractivity contribution < 1.29 is 4.79 Å². The highest BCUT2D eigenvalue weighted by Crippen LogP contribution is 2.01. The zero-order valence-electron chi connectivity index (χ0n) is 6.89. The Balaban J connectivity index is 3.53. The van der Waals surface area contributed by atoms with E-state index in [1.54, 1.807) is 0 Å². The lowest BCUT2D eigenvalue weighted by Gasteiger charge is -1.92. The maximum Gasteiger partial charge on any atom is 0.145 e. The molecule has 0 saturated carbocycles. The molecule has 0 unspecified atom stereocenters. The molecular weight excluding hydrogens is 124 g/mol. The molecule has 0 atom stereocenters. The molecule has 1 heteroatoms. The molecular formula is C9H16O. The maximum atomic E-state index is 10.3. The first-order valence-corrected chi connectivity index (χ1v) is 3.99. The van der Waals surface area contributed by atoms with E-state index in [1.807, 2.05) is 13.0 Å². The van der Waals surface area contributed by atoms with E-state index in [0.717, 1.165) is 24.7 Å². The van der Waals surface area contributed by atoms with Crippen LogP contribution in [0.3, 0.4) is 0 Å². The topological polar surface area (TPSA) is 17.1 Å². The quantitative estimate of drug-likeness (QED) is 0.326. The van der Waals surface area contributed by atoms with Gasteiger partial charge in [-0.3, -0.25) is 4.79 Å². The van der Waals surface area contributed by atoms with Crippen molar-refractivity contribution in [1.29, 1.82) is 0 Å². The Morgan fingerprint density at radius 3 is 2.50 bits per heavy atom. The fourth-order valence-electron chi connectivity index (χ4n) is 0.767. The van der Waals surface area contributed by atoms with Crippen molar-refractivity contribution in [1.82, 2.24) is 0 Å². The minimum Gasteiger partial charge on any atom is -0.298 e. The van der Waals surface area contributed by atoms with E-state index in [-0.39, 0.29) is 0 Å². The molecule has 0 rings (SSSR count). The van der Waals surface area contributed by atoms with Gasteiger partial charge in [-0.25, -0.2) is 0 Å². The highest BCUT2D eigenvalue weighted by atomic mass is 16.1. The fourth-order valence-corrected chi connectivity index (χ4v) is 0.767. The van der Waals surface area contributed by atoms with Gasteiger partial charge in [0, 0.05) is 0 Å². The average molecular weight is 140 g/mol. The van der Waals surface area contributed by atoms with Gasteiger partial charge in [0.2, 0.25) is 0 Å². The van der Waals surface area contributed by atoms with Crippen LogP contribution in [0, 0.1) is 0 Å². The Morgan fingerprint density at radius 1 is 1.40 bits per heavy atom. The van der Waals surface area contributed by atoms with Gasteiger partial charge in [-0.1, -0.05) is 32.8 Å². The number of unbranched alkanes of at least 4 members (excludes halogenated alkanes) is 2. The van der Waals surface area contributed by atoms with Gasteiger partial charge in [0.15, 0.2) is 0 Å². The highest BCUT2D eigenvalue weighted by Gasteiger charge is 1.88. The predicted molar refractivity (Wildman–Crippen MR) is 44.0 cm³/mol. The Labute approximate surface area is 63.1 Å². The van der Waals surface area contributed by atoms with Gasteiger partial charge in [0.25, 0.3) is 0 Å². The van der Waals surface area contributed by atoms with Crippen LogP contribution in [0.4, 0.5) is 0 Å². The molecule has 0 amide bonds. The van der Waals surface area contributed by atoms with Crippen LogP contribution in [0.1, 0.15) is 39.5 Å². The van der Waals surface area contributed by atoms with Crippen molar-refractivity contribution >= 4 is 6.29 Å². The maximum absolute atomic E-state index is 10.3. The molecule has 0 saturated heterocycles. The first-order valence-electron chi connectivity index (χ1n) is 3.99. The summed E-state index contributed by atoms with van der Waals surface area (Å²) in [7, 11) is 0. The molecule has 0 N–H and O–H groups in total. The monoisotopic (exact) mass is 140 g/mol. The summed E-state index contributed by atoms with van der Waals surface area (Å²) in [5, 5.41) is 0. The molecule has 0 aliphatic rings. The number of hydrogen-bond donors (Lipinski definition) is 0. The van der Waals surface area contributed by atoms with Gasteiger partial charge in [-0.2, -0.15) is 0 Å². The molecule has 0 aliphatic heterocycles. The number of carbonyl (C=O) groups excluding carboxylic acids is 1. The molecule has 0 aromatic rings. The summed E-state index contributed by atoms with van der Waals surface area (Å²) in [6, 6.07) is 0. The van der Waals surface area contributed by atoms with Gasteiger partial charge in [-0.05, 0) is 18.4 Å². The van der Waals surface area contributed by atoms with Crippen LogP contribution in [0.5, 0.6) is 0 Å². The summed E-state index contributed by atoms with van der Waals surface area (Å²) in [6.45, 7) is 4.16. The normalized spacial score (nSPS) is 11.6. The second-order valence-corrected chi connectivity index (χ2v) is 2.39. The smallest absolute Gasteiger partial charge is 0.145 e. The lowest BCUT2D eigenvalue weighted by Crippen LogP contribution is -1.81. The molecule has 0 aliphatic carbocycles. The number of aldehydes is 1. The zero-order chi connectivity index (χ0) is 7.82.